The lowest BCUT2D eigenvalue weighted by Gasteiger charge is -2.39. The summed E-state index contributed by atoms with van der Waals surface area (Å²) in [5.41, 5.74) is -0.0448. The van der Waals surface area contributed by atoms with Crippen LogP contribution in [0.1, 0.15) is 42.4 Å². The molecule has 1 heterocycles. The van der Waals surface area contributed by atoms with E-state index in [1.54, 1.807) is 0 Å². The van der Waals surface area contributed by atoms with Crippen LogP contribution in [0.3, 0.4) is 0 Å². The Balaban J connectivity index is 1.94. The van der Waals surface area contributed by atoms with Crippen LogP contribution in [0.15, 0.2) is 10.5 Å². The van der Waals surface area contributed by atoms with Gasteiger partial charge in [-0.15, -0.1) is 11.3 Å². The molecule has 0 bridgehead atoms. The van der Waals surface area contributed by atoms with E-state index >= 15 is 0 Å². The van der Waals surface area contributed by atoms with Crippen LogP contribution in [0, 0.1) is 12.8 Å². The standard InChI is InChI=1S/C14H22BrNOS/c1-10-3-5-14(9-17,6-4-10)16-8-12-7-13(15)11(2)18-12/h7,10,16-17H,3-6,8-9H2,1-2H3. The van der Waals surface area contributed by atoms with Gasteiger partial charge in [0.05, 0.1) is 6.61 Å². The first kappa shape index (κ1) is 14.5. The first-order valence-electron chi connectivity index (χ1n) is 6.65. The van der Waals surface area contributed by atoms with Crippen molar-refractivity contribution in [3.63, 3.8) is 0 Å². The lowest BCUT2D eigenvalue weighted by molar-refractivity contribution is 0.104. The fourth-order valence-electron chi connectivity index (χ4n) is 2.59. The molecule has 102 valence electrons. The number of hydrogen-bond donors (Lipinski definition) is 2. The van der Waals surface area contributed by atoms with E-state index < -0.39 is 0 Å². The largest absolute Gasteiger partial charge is 0.394 e. The molecule has 0 atom stereocenters. The second-order valence-electron chi connectivity index (χ2n) is 5.59. The average molecular weight is 332 g/mol. The van der Waals surface area contributed by atoms with Crippen LogP contribution < -0.4 is 5.32 Å². The van der Waals surface area contributed by atoms with Gasteiger partial charge in [-0.05, 0) is 60.5 Å². The number of thiophene rings is 1. The van der Waals surface area contributed by atoms with Crippen molar-refractivity contribution in [3.05, 3.63) is 20.3 Å². The first-order chi connectivity index (χ1) is 8.54. The van der Waals surface area contributed by atoms with E-state index in [9.17, 15) is 5.11 Å². The lowest BCUT2D eigenvalue weighted by atomic mass is 9.77. The molecule has 1 aliphatic rings. The van der Waals surface area contributed by atoms with Crippen LogP contribution in [-0.2, 0) is 6.54 Å². The monoisotopic (exact) mass is 331 g/mol. The van der Waals surface area contributed by atoms with Crippen molar-refractivity contribution in [2.24, 2.45) is 5.92 Å². The third kappa shape index (κ3) is 3.35. The van der Waals surface area contributed by atoms with Gasteiger partial charge in [0, 0.05) is 26.3 Å². The molecule has 0 spiro atoms. The number of halogens is 1. The number of rotatable bonds is 4. The molecule has 0 aromatic carbocycles. The highest BCUT2D eigenvalue weighted by atomic mass is 79.9. The van der Waals surface area contributed by atoms with Gasteiger partial charge < -0.3 is 10.4 Å². The number of aliphatic hydroxyl groups excluding tert-OH is 1. The lowest BCUT2D eigenvalue weighted by Crippen LogP contribution is -2.50. The predicted octanol–water partition coefficient (Wildman–Crippen LogP) is 3.85. The fraction of sp³-hybridized carbons (Fsp3) is 0.714. The molecule has 1 aromatic rings. The van der Waals surface area contributed by atoms with E-state index in [4.69, 9.17) is 0 Å². The Bertz CT molecular complexity index is 377. The zero-order valence-electron chi connectivity index (χ0n) is 11.1. The molecule has 0 saturated heterocycles. The zero-order chi connectivity index (χ0) is 13.2. The van der Waals surface area contributed by atoms with Crippen molar-refractivity contribution in [2.45, 2.75) is 51.6 Å². The third-order valence-electron chi connectivity index (χ3n) is 4.08. The Morgan fingerprint density at radius 1 is 1.50 bits per heavy atom. The highest BCUT2D eigenvalue weighted by Crippen LogP contribution is 2.33. The summed E-state index contributed by atoms with van der Waals surface area (Å²) in [4.78, 5) is 2.66. The number of aryl methyl sites for hydroxylation is 1. The highest BCUT2D eigenvalue weighted by Gasteiger charge is 2.33. The maximum atomic E-state index is 9.70. The van der Waals surface area contributed by atoms with Crippen molar-refractivity contribution in [3.8, 4) is 0 Å². The van der Waals surface area contributed by atoms with Gasteiger partial charge in [0.1, 0.15) is 0 Å². The van der Waals surface area contributed by atoms with E-state index in [1.165, 1.54) is 27.1 Å². The van der Waals surface area contributed by atoms with Crippen molar-refractivity contribution in [2.75, 3.05) is 6.61 Å². The number of nitrogens with one attached hydrogen (secondary N) is 1. The summed E-state index contributed by atoms with van der Waals surface area (Å²) in [6, 6.07) is 2.18. The summed E-state index contributed by atoms with van der Waals surface area (Å²) >= 11 is 5.38. The maximum Gasteiger partial charge on any atom is 0.0613 e. The van der Waals surface area contributed by atoms with Crippen molar-refractivity contribution in [1.29, 1.82) is 0 Å². The normalized spacial score (nSPS) is 28.6. The van der Waals surface area contributed by atoms with Gasteiger partial charge in [-0.1, -0.05) is 6.92 Å². The molecule has 0 aliphatic heterocycles. The molecule has 18 heavy (non-hydrogen) atoms. The van der Waals surface area contributed by atoms with E-state index in [0.717, 1.165) is 25.3 Å². The topological polar surface area (TPSA) is 32.3 Å². The molecule has 1 fully saturated rings. The average Bonchev–Trinajstić information content (AvgIpc) is 2.69. The number of hydrogen-bond acceptors (Lipinski definition) is 3. The molecule has 1 aromatic heterocycles. The molecule has 0 radical (unpaired) electrons. The quantitative estimate of drug-likeness (QED) is 0.878. The maximum absolute atomic E-state index is 9.70. The van der Waals surface area contributed by atoms with E-state index in [-0.39, 0.29) is 12.1 Å². The van der Waals surface area contributed by atoms with Crippen molar-refractivity contribution >= 4 is 27.3 Å². The summed E-state index contributed by atoms with van der Waals surface area (Å²) in [6.45, 7) is 5.56. The Labute approximate surface area is 122 Å². The summed E-state index contributed by atoms with van der Waals surface area (Å²) < 4.78 is 1.19. The minimum Gasteiger partial charge on any atom is -0.394 e. The summed E-state index contributed by atoms with van der Waals surface area (Å²) in [5.74, 6) is 0.810. The van der Waals surface area contributed by atoms with Crippen LogP contribution in [0.25, 0.3) is 0 Å². The molecule has 1 aliphatic carbocycles. The number of aliphatic hydroxyl groups is 1. The van der Waals surface area contributed by atoms with Gasteiger partial charge in [0.15, 0.2) is 0 Å². The van der Waals surface area contributed by atoms with Crippen molar-refractivity contribution in [1.82, 2.24) is 5.32 Å². The molecule has 0 amide bonds. The summed E-state index contributed by atoms with van der Waals surface area (Å²) in [6.07, 6.45) is 4.63. The second kappa shape index (κ2) is 6.04. The second-order valence-corrected chi connectivity index (χ2v) is 7.79. The van der Waals surface area contributed by atoms with Crippen LogP contribution in [0.5, 0.6) is 0 Å². The van der Waals surface area contributed by atoms with E-state index in [2.05, 4.69) is 41.2 Å². The molecule has 2 N–H and O–H groups in total. The van der Waals surface area contributed by atoms with Gasteiger partial charge in [-0.3, -0.25) is 0 Å². The summed E-state index contributed by atoms with van der Waals surface area (Å²) in [5, 5.41) is 13.3. The van der Waals surface area contributed by atoms with Crippen LogP contribution >= 0.6 is 27.3 Å². The molecule has 1 saturated carbocycles. The van der Waals surface area contributed by atoms with Crippen LogP contribution in [-0.4, -0.2) is 17.3 Å². The van der Waals surface area contributed by atoms with Gasteiger partial charge >= 0.3 is 0 Å². The predicted molar refractivity (Wildman–Crippen MR) is 81.0 cm³/mol. The van der Waals surface area contributed by atoms with Crippen LogP contribution in [0.4, 0.5) is 0 Å². The zero-order valence-corrected chi connectivity index (χ0v) is 13.5. The van der Waals surface area contributed by atoms with Gasteiger partial charge in [0.25, 0.3) is 0 Å². The minimum absolute atomic E-state index is 0.0448. The van der Waals surface area contributed by atoms with Gasteiger partial charge in [-0.2, -0.15) is 0 Å². The van der Waals surface area contributed by atoms with Crippen LogP contribution in [0.2, 0.25) is 0 Å². The SMILES string of the molecule is Cc1sc(CNC2(CO)CCC(C)CC2)cc1Br. The van der Waals surface area contributed by atoms with Gasteiger partial charge in [-0.25, -0.2) is 0 Å². The molecular formula is C14H22BrNOS. The van der Waals surface area contributed by atoms with Gasteiger partial charge in [0.2, 0.25) is 0 Å². The highest BCUT2D eigenvalue weighted by molar-refractivity contribution is 9.10. The Hall–Kier alpha value is 0.100. The third-order valence-corrected chi connectivity index (χ3v) is 6.22. The molecule has 0 unspecified atom stereocenters. The Kier molecular flexibility index (Phi) is 4.86. The molecule has 2 rings (SSSR count). The van der Waals surface area contributed by atoms with Crippen molar-refractivity contribution < 1.29 is 5.11 Å². The first-order valence-corrected chi connectivity index (χ1v) is 8.26. The molecular weight excluding hydrogens is 310 g/mol. The Morgan fingerprint density at radius 2 is 2.17 bits per heavy atom. The fourth-order valence-corrected chi connectivity index (χ4v) is 4.13. The minimum atomic E-state index is -0.0448. The van der Waals surface area contributed by atoms with E-state index in [0.29, 0.717) is 0 Å². The molecule has 2 nitrogen and oxygen atoms in total. The Morgan fingerprint density at radius 3 is 2.67 bits per heavy atom. The summed E-state index contributed by atoms with van der Waals surface area (Å²) in [7, 11) is 0. The van der Waals surface area contributed by atoms with E-state index in [1.807, 2.05) is 11.3 Å². The smallest absolute Gasteiger partial charge is 0.0613 e. The molecule has 4 heteroatoms.